The molecule has 218 valence electrons. The van der Waals surface area contributed by atoms with Gasteiger partial charge in [0.2, 0.25) is 21.8 Å². The second kappa shape index (κ2) is 13.3. The zero-order valence-corrected chi connectivity index (χ0v) is 25.0. The molecule has 1 saturated carbocycles. The number of carbonyl (C=O) groups excluding carboxylic acids is 2. The molecule has 1 N–H and O–H groups in total. The Bertz CT molecular complexity index is 1330. The molecular weight excluding hydrogens is 577 g/mol. The van der Waals surface area contributed by atoms with Crippen LogP contribution in [-0.4, -0.2) is 62.7 Å². The molecule has 12 heteroatoms. The topological polar surface area (TPSA) is 105 Å². The number of hydrogen-bond donors (Lipinski definition) is 1. The van der Waals surface area contributed by atoms with Crippen LogP contribution < -0.4 is 19.1 Å². The predicted molar refractivity (Wildman–Crippen MR) is 156 cm³/mol. The van der Waals surface area contributed by atoms with Crippen molar-refractivity contribution in [3.05, 3.63) is 52.0 Å². The Hall–Kier alpha value is -2.69. The maximum absolute atomic E-state index is 14.0. The minimum atomic E-state index is -3.87. The van der Waals surface area contributed by atoms with Gasteiger partial charge in [-0.3, -0.25) is 13.9 Å². The van der Waals surface area contributed by atoms with Crippen LogP contribution in [0.1, 0.15) is 51.5 Å². The van der Waals surface area contributed by atoms with E-state index in [4.69, 9.17) is 32.7 Å². The van der Waals surface area contributed by atoms with Gasteiger partial charge >= 0.3 is 0 Å². The van der Waals surface area contributed by atoms with Gasteiger partial charge < -0.3 is 19.7 Å². The first kappa shape index (κ1) is 30.3. The minimum Gasteiger partial charge on any atom is -0.486 e. The van der Waals surface area contributed by atoms with Crippen molar-refractivity contribution in [2.45, 2.75) is 64.6 Å². The number of nitrogens with zero attached hydrogens (tertiary/aromatic N) is 2. The molecule has 2 amide bonds. The molecule has 0 spiro atoms. The SMILES string of the molecule is CC[C@@H](C(=O)NC1CCCC1)N(Cc1ccc(Cl)c(Cl)c1)C(=O)CN(c1ccc2c(c1)OCCO2)S(=O)(=O)CC. The van der Waals surface area contributed by atoms with E-state index in [1.54, 1.807) is 36.4 Å². The lowest BCUT2D eigenvalue weighted by Gasteiger charge is -2.34. The van der Waals surface area contributed by atoms with Crippen LogP contribution in [0.3, 0.4) is 0 Å². The van der Waals surface area contributed by atoms with E-state index in [2.05, 4.69) is 5.32 Å². The van der Waals surface area contributed by atoms with Crippen molar-refractivity contribution in [2.24, 2.45) is 0 Å². The molecule has 1 aliphatic carbocycles. The molecule has 0 unspecified atom stereocenters. The van der Waals surface area contributed by atoms with Crippen LogP contribution in [-0.2, 0) is 26.2 Å². The van der Waals surface area contributed by atoms with Crippen LogP contribution in [0.15, 0.2) is 36.4 Å². The van der Waals surface area contributed by atoms with E-state index >= 15 is 0 Å². The van der Waals surface area contributed by atoms with E-state index in [1.165, 1.54) is 11.8 Å². The number of halogens is 2. The second-order valence-electron chi connectivity index (χ2n) is 9.92. The summed E-state index contributed by atoms with van der Waals surface area (Å²) in [5.74, 6) is -0.0898. The fourth-order valence-corrected chi connectivity index (χ4v) is 6.40. The highest BCUT2D eigenvalue weighted by atomic mass is 35.5. The molecule has 0 radical (unpaired) electrons. The number of nitrogens with one attached hydrogen (secondary N) is 1. The fourth-order valence-electron chi connectivity index (χ4n) is 5.03. The average molecular weight is 613 g/mol. The Balaban J connectivity index is 1.66. The van der Waals surface area contributed by atoms with Crippen LogP contribution in [0.5, 0.6) is 11.5 Å². The number of carbonyl (C=O) groups is 2. The van der Waals surface area contributed by atoms with E-state index in [-0.39, 0.29) is 29.9 Å². The minimum absolute atomic E-state index is 0.0491. The number of anilines is 1. The molecule has 2 aromatic carbocycles. The number of hydrogen-bond acceptors (Lipinski definition) is 6. The molecule has 9 nitrogen and oxygen atoms in total. The zero-order valence-electron chi connectivity index (χ0n) is 22.7. The third kappa shape index (κ3) is 7.14. The third-order valence-corrected chi connectivity index (χ3v) is 9.70. The van der Waals surface area contributed by atoms with Crippen LogP contribution in [0.4, 0.5) is 5.69 Å². The Kier molecular flexibility index (Phi) is 10.1. The summed E-state index contributed by atoms with van der Waals surface area (Å²) in [5, 5.41) is 3.78. The van der Waals surface area contributed by atoms with Crippen molar-refractivity contribution < 1.29 is 27.5 Å². The molecule has 1 heterocycles. The van der Waals surface area contributed by atoms with Gasteiger partial charge in [-0.25, -0.2) is 8.42 Å². The molecule has 0 aromatic heterocycles. The van der Waals surface area contributed by atoms with Gasteiger partial charge in [-0.2, -0.15) is 0 Å². The Labute approximate surface area is 245 Å². The highest BCUT2D eigenvalue weighted by Crippen LogP contribution is 2.35. The smallest absolute Gasteiger partial charge is 0.244 e. The summed E-state index contributed by atoms with van der Waals surface area (Å²) >= 11 is 12.3. The maximum atomic E-state index is 14.0. The molecule has 1 aliphatic heterocycles. The van der Waals surface area contributed by atoms with Crippen molar-refractivity contribution in [1.82, 2.24) is 10.2 Å². The van der Waals surface area contributed by atoms with Crippen molar-refractivity contribution in [3.63, 3.8) is 0 Å². The highest BCUT2D eigenvalue weighted by molar-refractivity contribution is 7.92. The second-order valence-corrected chi connectivity index (χ2v) is 12.9. The lowest BCUT2D eigenvalue weighted by atomic mass is 10.1. The monoisotopic (exact) mass is 611 g/mol. The van der Waals surface area contributed by atoms with Crippen LogP contribution >= 0.6 is 23.2 Å². The zero-order chi connectivity index (χ0) is 28.9. The lowest BCUT2D eigenvalue weighted by molar-refractivity contribution is -0.140. The summed E-state index contributed by atoms with van der Waals surface area (Å²) in [5.41, 5.74) is 0.941. The van der Waals surface area contributed by atoms with Gasteiger partial charge in [-0.1, -0.05) is 49.0 Å². The summed E-state index contributed by atoms with van der Waals surface area (Å²) < 4.78 is 38.8. The van der Waals surface area contributed by atoms with Gasteiger partial charge in [-0.15, -0.1) is 0 Å². The molecule has 40 heavy (non-hydrogen) atoms. The van der Waals surface area contributed by atoms with E-state index in [1.807, 2.05) is 6.92 Å². The van der Waals surface area contributed by atoms with Gasteiger partial charge in [0.1, 0.15) is 25.8 Å². The standard InChI is InChI=1S/C28H35Cl2N3O6S/c1-3-24(28(35)31-20-7-5-6-8-20)32(17-19-9-11-22(29)23(30)15-19)27(34)18-33(40(36,37)4-2)21-10-12-25-26(16-21)39-14-13-38-25/h9-12,15-16,20,24H,3-8,13-14,17-18H2,1-2H3,(H,31,35)/t24-/m0/s1. The van der Waals surface area contributed by atoms with Gasteiger partial charge in [0, 0.05) is 18.7 Å². The van der Waals surface area contributed by atoms with Gasteiger partial charge in [0.05, 0.1) is 21.5 Å². The summed E-state index contributed by atoms with van der Waals surface area (Å²) in [7, 11) is -3.87. The quantitative estimate of drug-likeness (QED) is 0.392. The number of rotatable bonds is 11. The number of amides is 2. The van der Waals surface area contributed by atoms with Crippen LogP contribution in [0, 0.1) is 0 Å². The van der Waals surface area contributed by atoms with Crippen molar-refractivity contribution in [1.29, 1.82) is 0 Å². The predicted octanol–water partition coefficient (Wildman–Crippen LogP) is 4.79. The summed E-state index contributed by atoms with van der Waals surface area (Å²) in [6.07, 6.45) is 4.24. The first-order valence-corrected chi connectivity index (χ1v) is 15.9. The van der Waals surface area contributed by atoms with Gasteiger partial charge in [-0.05, 0) is 56.0 Å². The number of fused-ring (bicyclic) bond motifs is 1. The summed E-state index contributed by atoms with van der Waals surface area (Å²) in [6, 6.07) is 9.04. The van der Waals surface area contributed by atoms with Crippen LogP contribution in [0.2, 0.25) is 10.0 Å². The van der Waals surface area contributed by atoms with Crippen molar-refractivity contribution in [3.8, 4) is 11.5 Å². The molecule has 0 saturated heterocycles. The molecule has 1 fully saturated rings. The molecule has 1 atom stereocenters. The average Bonchev–Trinajstić information content (AvgIpc) is 3.46. The third-order valence-electron chi connectivity index (χ3n) is 7.22. The molecular formula is C28H35Cl2N3O6S. The Morgan fingerprint density at radius 2 is 1.70 bits per heavy atom. The number of ether oxygens (including phenoxy) is 2. The normalized spacial score (nSPS) is 15.9. The van der Waals surface area contributed by atoms with E-state index in [0.29, 0.717) is 46.7 Å². The lowest BCUT2D eigenvalue weighted by Crippen LogP contribution is -2.53. The number of sulfonamides is 1. The fraction of sp³-hybridized carbons (Fsp3) is 0.500. The van der Waals surface area contributed by atoms with Crippen molar-refractivity contribution in [2.75, 3.05) is 29.8 Å². The van der Waals surface area contributed by atoms with E-state index < -0.39 is 28.5 Å². The first-order valence-electron chi connectivity index (χ1n) is 13.6. The highest BCUT2D eigenvalue weighted by Gasteiger charge is 2.34. The maximum Gasteiger partial charge on any atom is 0.244 e. The molecule has 0 bridgehead atoms. The first-order chi connectivity index (χ1) is 19.1. The van der Waals surface area contributed by atoms with Gasteiger partial charge in [0.25, 0.3) is 0 Å². The number of benzene rings is 2. The Morgan fingerprint density at radius 3 is 2.35 bits per heavy atom. The van der Waals surface area contributed by atoms with Crippen molar-refractivity contribution >= 4 is 50.7 Å². The Morgan fingerprint density at radius 1 is 1.00 bits per heavy atom. The summed E-state index contributed by atoms with van der Waals surface area (Å²) in [6.45, 7) is 3.63. The molecule has 4 rings (SSSR count). The van der Waals surface area contributed by atoms with E-state index in [9.17, 15) is 18.0 Å². The van der Waals surface area contributed by atoms with Gasteiger partial charge in [0.15, 0.2) is 11.5 Å². The van der Waals surface area contributed by atoms with Crippen LogP contribution in [0.25, 0.3) is 0 Å². The van der Waals surface area contributed by atoms with E-state index in [0.717, 1.165) is 30.0 Å². The molecule has 2 aliphatic rings. The molecule has 2 aromatic rings. The largest absolute Gasteiger partial charge is 0.486 e. The summed E-state index contributed by atoms with van der Waals surface area (Å²) in [4.78, 5) is 28.9.